The van der Waals surface area contributed by atoms with Gasteiger partial charge in [0.25, 0.3) is 0 Å². The van der Waals surface area contributed by atoms with Gasteiger partial charge in [-0.25, -0.2) is 9.97 Å². The predicted molar refractivity (Wildman–Crippen MR) is 195 cm³/mol. The Morgan fingerprint density at radius 3 is 2.00 bits per heavy atom. The molecule has 0 aliphatic heterocycles. The molecular weight excluding hydrogens is 571 g/mol. The topological polar surface area (TPSA) is 38.7 Å². The van der Waals surface area contributed by atoms with Crippen LogP contribution in [-0.2, 0) is 5.41 Å². The van der Waals surface area contributed by atoms with Gasteiger partial charge in [-0.3, -0.25) is 4.98 Å². The average Bonchev–Trinajstić information content (AvgIpc) is 3.15. The molecule has 3 nitrogen and oxygen atoms in total. The molecule has 1 unspecified atom stereocenters. The summed E-state index contributed by atoms with van der Waals surface area (Å²) in [5.41, 5.74) is 10.7. The largest absolute Gasteiger partial charge is 0.264 e. The smallest absolute Gasteiger partial charge is 0.160 e. The maximum atomic E-state index is 5.27. The highest BCUT2D eigenvalue weighted by Gasteiger charge is 2.28. The Morgan fingerprint density at radius 2 is 1.21 bits per heavy atom. The van der Waals surface area contributed by atoms with E-state index in [0.717, 1.165) is 45.9 Å². The quantitative estimate of drug-likeness (QED) is 0.190. The van der Waals surface area contributed by atoms with Crippen LogP contribution >= 0.6 is 0 Å². The summed E-state index contributed by atoms with van der Waals surface area (Å²) in [5.74, 6) is 0.726. The molecule has 0 spiro atoms. The molecular formula is C44H33N3. The lowest BCUT2D eigenvalue weighted by Gasteiger charge is -2.28. The van der Waals surface area contributed by atoms with Crippen molar-refractivity contribution in [1.29, 1.82) is 0 Å². The Hall–Kier alpha value is -5.93. The molecule has 47 heavy (non-hydrogen) atoms. The first-order valence-electron chi connectivity index (χ1n) is 16.1. The van der Waals surface area contributed by atoms with Crippen molar-refractivity contribution in [3.8, 4) is 44.9 Å². The molecule has 0 saturated heterocycles. The van der Waals surface area contributed by atoms with Crippen LogP contribution in [0.15, 0.2) is 170 Å². The second-order valence-corrected chi connectivity index (χ2v) is 12.4. The summed E-state index contributed by atoms with van der Waals surface area (Å²) in [6.45, 7) is 2.26. The molecule has 7 aromatic rings. The number of fused-ring (bicyclic) bond motifs is 1. The third-order valence-corrected chi connectivity index (χ3v) is 9.17. The van der Waals surface area contributed by atoms with Gasteiger partial charge in [-0.1, -0.05) is 140 Å². The highest BCUT2D eigenvalue weighted by Crippen LogP contribution is 2.38. The van der Waals surface area contributed by atoms with E-state index in [-0.39, 0.29) is 5.41 Å². The van der Waals surface area contributed by atoms with Crippen LogP contribution in [0.2, 0.25) is 0 Å². The SMILES string of the molecule is CC1(c2cc(-c3ccc(-c4ccccc4)cc3)nc(-c3cccc(-c4ccc5ccccc5c4)c3)n2)C=CC(c2cccnc2)=CC1. The molecule has 0 N–H and O–H groups in total. The van der Waals surface area contributed by atoms with Crippen molar-refractivity contribution >= 4 is 16.3 Å². The summed E-state index contributed by atoms with van der Waals surface area (Å²) in [5, 5.41) is 2.46. The summed E-state index contributed by atoms with van der Waals surface area (Å²) >= 11 is 0. The molecule has 0 radical (unpaired) electrons. The van der Waals surface area contributed by atoms with Gasteiger partial charge in [0.05, 0.1) is 11.4 Å². The standard InChI is InChI=1S/C44H33N3/c1-44(24-22-34(23-25-44)40-15-8-26-45-30-40)42-29-41(35-19-16-33(17-20-35)31-9-3-2-4-10-31)46-43(47-42)39-14-7-13-37(28-39)38-21-18-32-11-5-6-12-36(32)27-38/h2-24,26-30H,25H2,1H3. The van der Waals surface area contributed by atoms with Crippen LogP contribution in [0.1, 0.15) is 24.6 Å². The normalized spacial score (nSPS) is 15.8. The minimum atomic E-state index is -0.294. The van der Waals surface area contributed by atoms with Crippen LogP contribution in [0.5, 0.6) is 0 Å². The van der Waals surface area contributed by atoms with Gasteiger partial charge in [0.15, 0.2) is 5.82 Å². The molecule has 1 atom stereocenters. The number of aromatic nitrogens is 3. The van der Waals surface area contributed by atoms with E-state index in [1.807, 2.05) is 24.5 Å². The van der Waals surface area contributed by atoms with Crippen LogP contribution in [-0.4, -0.2) is 15.0 Å². The van der Waals surface area contributed by atoms with E-state index in [9.17, 15) is 0 Å². The van der Waals surface area contributed by atoms with Crippen LogP contribution < -0.4 is 0 Å². The Labute approximate surface area is 275 Å². The van der Waals surface area contributed by atoms with Gasteiger partial charge < -0.3 is 0 Å². The Morgan fingerprint density at radius 1 is 0.532 bits per heavy atom. The van der Waals surface area contributed by atoms with Gasteiger partial charge in [-0.2, -0.15) is 0 Å². The number of allylic oxidation sites excluding steroid dienone is 4. The predicted octanol–water partition coefficient (Wildman–Crippen LogP) is 11.0. The summed E-state index contributed by atoms with van der Waals surface area (Å²) in [4.78, 5) is 14.8. The third-order valence-electron chi connectivity index (χ3n) is 9.17. The fourth-order valence-corrected chi connectivity index (χ4v) is 6.36. The first kappa shape index (κ1) is 28.5. The van der Waals surface area contributed by atoms with Crippen molar-refractivity contribution in [2.75, 3.05) is 0 Å². The molecule has 0 saturated carbocycles. The number of rotatable bonds is 6. The zero-order valence-corrected chi connectivity index (χ0v) is 26.2. The summed E-state index contributed by atoms with van der Waals surface area (Å²) in [6.07, 6.45) is 11.3. The molecule has 5 aromatic carbocycles. The average molecular weight is 604 g/mol. The van der Waals surface area contributed by atoms with Crippen LogP contribution in [0.4, 0.5) is 0 Å². The van der Waals surface area contributed by atoms with Crippen LogP contribution in [0.3, 0.4) is 0 Å². The second-order valence-electron chi connectivity index (χ2n) is 12.4. The van der Waals surface area contributed by atoms with E-state index in [4.69, 9.17) is 9.97 Å². The fourth-order valence-electron chi connectivity index (χ4n) is 6.36. The van der Waals surface area contributed by atoms with Crippen molar-refractivity contribution in [3.05, 3.63) is 181 Å². The van der Waals surface area contributed by atoms with Gasteiger partial charge in [0, 0.05) is 28.9 Å². The van der Waals surface area contributed by atoms with Crippen molar-refractivity contribution in [1.82, 2.24) is 15.0 Å². The number of pyridine rings is 1. The van der Waals surface area contributed by atoms with Gasteiger partial charge in [0.2, 0.25) is 0 Å². The van der Waals surface area contributed by atoms with Gasteiger partial charge in [-0.05, 0) is 74.8 Å². The first-order valence-corrected chi connectivity index (χ1v) is 16.1. The first-order chi connectivity index (χ1) is 23.1. The summed E-state index contributed by atoms with van der Waals surface area (Å²) < 4.78 is 0. The molecule has 0 amide bonds. The lowest BCUT2D eigenvalue weighted by molar-refractivity contribution is 0.580. The van der Waals surface area contributed by atoms with Crippen LogP contribution in [0.25, 0.3) is 61.2 Å². The summed E-state index contributed by atoms with van der Waals surface area (Å²) in [7, 11) is 0. The van der Waals surface area contributed by atoms with E-state index in [1.54, 1.807) is 0 Å². The van der Waals surface area contributed by atoms with Crippen molar-refractivity contribution < 1.29 is 0 Å². The number of benzene rings is 5. The van der Waals surface area contributed by atoms with Crippen molar-refractivity contribution in [2.45, 2.75) is 18.8 Å². The lowest BCUT2D eigenvalue weighted by Crippen LogP contribution is -2.22. The molecule has 0 fully saturated rings. The Balaban J connectivity index is 1.21. The molecule has 8 rings (SSSR count). The maximum absolute atomic E-state index is 5.27. The molecule has 2 aromatic heterocycles. The second kappa shape index (κ2) is 12.1. The third kappa shape index (κ3) is 5.80. The van der Waals surface area contributed by atoms with E-state index in [2.05, 4.69) is 158 Å². The molecule has 224 valence electrons. The highest BCUT2D eigenvalue weighted by atomic mass is 14.9. The van der Waals surface area contributed by atoms with Gasteiger partial charge >= 0.3 is 0 Å². The molecule has 1 aliphatic rings. The minimum Gasteiger partial charge on any atom is -0.264 e. The molecule has 3 heteroatoms. The highest BCUT2D eigenvalue weighted by molar-refractivity contribution is 5.88. The number of hydrogen-bond donors (Lipinski definition) is 0. The summed E-state index contributed by atoms with van der Waals surface area (Å²) in [6, 6.07) is 49.2. The minimum absolute atomic E-state index is 0.294. The molecule has 2 heterocycles. The van der Waals surface area contributed by atoms with Crippen molar-refractivity contribution in [3.63, 3.8) is 0 Å². The van der Waals surface area contributed by atoms with Gasteiger partial charge in [-0.15, -0.1) is 0 Å². The van der Waals surface area contributed by atoms with Gasteiger partial charge in [0.1, 0.15) is 0 Å². The Bertz CT molecular complexity index is 2270. The lowest BCUT2D eigenvalue weighted by atomic mass is 9.78. The number of hydrogen-bond acceptors (Lipinski definition) is 3. The Kier molecular flexibility index (Phi) is 7.35. The monoisotopic (exact) mass is 603 g/mol. The number of nitrogens with zero attached hydrogens (tertiary/aromatic N) is 3. The molecule has 0 bridgehead atoms. The molecule has 1 aliphatic carbocycles. The van der Waals surface area contributed by atoms with E-state index >= 15 is 0 Å². The van der Waals surface area contributed by atoms with Crippen molar-refractivity contribution in [2.24, 2.45) is 0 Å². The van der Waals surface area contributed by atoms with Crippen LogP contribution in [0, 0.1) is 0 Å². The van der Waals surface area contributed by atoms with E-state index in [1.165, 1.54) is 33.0 Å². The van der Waals surface area contributed by atoms with E-state index in [0.29, 0.717) is 0 Å². The zero-order chi connectivity index (χ0) is 31.6. The fraction of sp³-hybridized carbons (Fsp3) is 0.0682. The maximum Gasteiger partial charge on any atom is 0.160 e. The zero-order valence-electron chi connectivity index (χ0n) is 26.2. The van der Waals surface area contributed by atoms with E-state index < -0.39 is 0 Å².